The van der Waals surface area contributed by atoms with Crippen LogP contribution in [0.1, 0.15) is 45.3 Å². The van der Waals surface area contributed by atoms with Crippen LogP contribution in [0, 0.1) is 5.92 Å². The second-order valence-corrected chi connectivity index (χ2v) is 4.29. The van der Waals surface area contributed by atoms with Crippen molar-refractivity contribution in [2.45, 2.75) is 39.7 Å². The van der Waals surface area contributed by atoms with E-state index in [2.05, 4.69) is 13.8 Å². The maximum absolute atomic E-state index is 9.85. The van der Waals surface area contributed by atoms with Gasteiger partial charge in [0.15, 0.2) is 0 Å². The highest BCUT2D eigenvalue weighted by molar-refractivity contribution is 5.34. The fourth-order valence-electron chi connectivity index (χ4n) is 1.46. The van der Waals surface area contributed by atoms with Crippen molar-refractivity contribution in [3.63, 3.8) is 0 Å². The lowest BCUT2D eigenvalue weighted by Gasteiger charge is -2.16. The van der Waals surface area contributed by atoms with Crippen LogP contribution in [-0.4, -0.2) is 11.7 Å². The van der Waals surface area contributed by atoms with Gasteiger partial charge in [-0.2, -0.15) is 0 Å². The minimum atomic E-state index is -0.423. The van der Waals surface area contributed by atoms with E-state index in [9.17, 15) is 5.11 Å². The first-order chi connectivity index (χ1) is 7.69. The van der Waals surface area contributed by atoms with Gasteiger partial charge in [-0.3, -0.25) is 0 Å². The van der Waals surface area contributed by atoms with E-state index in [-0.39, 0.29) is 0 Å². The minimum absolute atomic E-state index is 0.423. The molecule has 0 saturated heterocycles. The molecule has 90 valence electrons. The van der Waals surface area contributed by atoms with Gasteiger partial charge in [-0.15, -0.1) is 0 Å². The maximum atomic E-state index is 9.85. The molecule has 16 heavy (non-hydrogen) atoms. The first-order valence-electron chi connectivity index (χ1n) is 6.08. The molecule has 0 heterocycles. The number of para-hydroxylation sites is 1. The Kier molecular flexibility index (Phi) is 5.33. The highest BCUT2D eigenvalue weighted by Crippen LogP contribution is 2.27. The molecule has 0 spiro atoms. The lowest BCUT2D eigenvalue weighted by Crippen LogP contribution is -2.09. The molecule has 1 aromatic rings. The van der Waals surface area contributed by atoms with Crippen LogP contribution in [0.25, 0.3) is 0 Å². The number of rotatable bonds is 6. The third-order valence-electron chi connectivity index (χ3n) is 2.88. The molecule has 0 radical (unpaired) electrons. The zero-order chi connectivity index (χ0) is 12.0. The van der Waals surface area contributed by atoms with Gasteiger partial charge in [0.25, 0.3) is 0 Å². The molecular weight excluding hydrogens is 200 g/mol. The molecule has 1 aromatic carbocycles. The normalized spacial score (nSPS) is 14.5. The van der Waals surface area contributed by atoms with Crippen molar-refractivity contribution in [2.75, 3.05) is 6.61 Å². The van der Waals surface area contributed by atoms with E-state index in [0.717, 1.165) is 17.7 Å². The molecule has 1 unspecified atom stereocenters. The fourth-order valence-corrected chi connectivity index (χ4v) is 1.46. The van der Waals surface area contributed by atoms with Crippen LogP contribution in [0.5, 0.6) is 5.75 Å². The zero-order valence-electron chi connectivity index (χ0n) is 10.4. The molecule has 0 saturated carbocycles. The van der Waals surface area contributed by atoms with Gasteiger partial charge >= 0.3 is 0 Å². The second kappa shape index (κ2) is 6.54. The average molecular weight is 222 g/mol. The van der Waals surface area contributed by atoms with Gasteiger partial charge in [0.1, 0.15) is 5.75 Å². The summed E-state index contributed by atoms with van der Waals surface area (Å²) >= 11 is 0. The Balaban J connectivity index is 2.71. The summed E-state index contributed by atoms with van der Waals surface area (Å²) in [7, 11) is 0. The summed E-state index contributed by atoms with van der Waals surface area (Å²) in [6, 6.07) is 7.73. The van der Waals surface area contributed by atoms with Crippen molar-refractivity contribution in [2.24, 2.45) is 5.92 Å². The molecule has 2 atom stereocenters. The SMILES string of the molecule is CCC(C)COc1ccccc1[C@H](O)CC. The summed E-state index contributed by atoms with van der Waals surface area (Å²) in [6.45, 7) is 7.00. The third-order valence-corrected chi connectivity index (χ3v) is 2.88. The van der Waals surface area contributed by atoms with Gasteiger partial charge < -0.3 is 9.84 Å². The summed E-state index contributed by atoms with van der Waals surface area (Å²) in [5.74, 6) is 1.36. The molecule has 1 N–H and O–H groups in total. The molecule has 2 nitrogen and oxygen atoms in total. The summed E-state index contributed by atoms with van der Waals surface area (Å²) in [6.07, 6.45) is 1.40. The molecule has 0 aromatic heterocycles. The Morgan fingerprint density at radius 1 is 1.19 bits per heavy atom. The smallest absolute Gasteiger partial charge is 0.125 e. The molecule has 1 rings (SSSR count). The molecule has 0 aliphatic carbocycles. The van der Waals surface area contributed by atoms with E-state index in [4.69, 9.17) is 4.74 Å². The molecule has 0 aliphatic rings. The van der Waals surface area contributed by atoms with Crippen LogP contribution in [0.4, 0.5) is 0 Å². The van der Waals surface area contributed by atoms with Crippen molar-refractivity contribution in [1.82, 2.24) is 0 Å². The van der Waals surface area contributed by atoms with E-state index >= 15 is 0 Å². The second-order valence-electron chi connectivity index (χ2n) is 4.29. The van der Waals surface area contributed by atoms with Crippen molar-refractivity contribution in [1.29, 1.82) is 0 Å². The number of ether oxygens (including phenoxy) is 1. The number of benzene rings is 1. The van der Waals surface area contributed by atoms with Crippen molar-refractivity contribution >= 4 is 0 Å². The van der Waals surface area contributed by atoms with E-state index in [1.54, 1.807) is 0 Å². The molecule has 0 aliphatic heterocycles. The molecule has 0 fully saturated rings. The summed E-state index contributed by atoms with van der Waals surface area (Å²) in [5.41, 5.74) is 0.897. The lowest BCUT2D eigenvalue weighted by atomic mass is 10.1. The van der Waals surface area contributed by atoms with Gasteiger partial charge in [0, 0.05) is 5.56 Å². The number of hydrogen-bond acceptors (Lipinski definition) is 2. The molecule has 0 bridgehead atoms. The Bertz CT molecular complexity index is 309. The topological polar surface area (TPSA) is 29.5 Å². The first-order valence-corrected chi connectivity index (χ1v) is 6.08. The van der Waals surface area contributed by atoms with E-state index in [1.807, 2.05) is 31.2 Å². The van der Waals surface area contributed by atoms with Gasteiger partial charge in [-0.1, -0.05) is 45.4 Å². The van der Waals surface area contributed by atoms with Gasteiger partial charge in [-0.05, 0) is 18.4 Å². The summed E-state index contributed by atoms with van der Waals surface area (Å²) in [4.78, 5) is 0. The average Bonchev–Trinajstić information content (AvgIpc) is 2.35. The van der Waals surface area contributed by atoms with Crippen molar-refractivity contribution in [3.8, 4) is 5.75 Å². The van der Waals surface area contributed by atoms with Crippen LogP contribution in [0.3, 0.4) is 0 Å². The van der Waals surface area contributed by atoms with Crippen LogP contribution in [0.2, 0.25) is 0 Å². The fraction of sp³-hybridized carbons (Fsp3) is 0.571. The summed E-state index contributed by atoms with van der Waals surface area (Å²) in [5, 5.41) is 9.85. The largest absolute Gasteiger partial charge is 0.493 e. The van der Waals surface area contributed by atoms with Crippen molar-refractivity contribution < 1.29 is 9.84 Å². The molecule has 0 amide bonds. The quantitative estimate of drug-likeness (QED) is 0.797. The van der Waals surface area contributed by atoms with Gasteiger partial charge in [0.05, 0.1) is 12.7 Å². The lowest BCUT2D eigenvalue weighted by molar-refractivity contribution is 0.164. The van der Waals surface area contributed by atoms with Crippen LogP contribution < -0.4 is 4.74 Å². The van der Waals surface area contributed by atoms with E-state index in [1.165, 1.54) is 0 Å². The highest BCUT2D eigenvalue weighted by Gasteiger charge is 2.11. The zero-order valence-corrected chi connectivity index (χ0v) is 10.4. The number of aliphatic hydroxyl groups excluding tert-OH is 1. The monoisotopic (exact) mass is 222 g/mol. The molecule has 2 heteroatoms. The van der Waals surface area contributed by atoms with Crippen molar-refractivity contribution in [3.05, 3.63) is 29.8 Å². The Labute approximate surface area is 98.3 Å². The number of hydrogen-bond donors (Lipinski definition) is 1. The van der Waals surface area contributed by atoms with E-state index in [0.29, 0.717) is 18.9 Å². The Morgan fingerprint density at radius 2 is 1.88 bits per heavy atom. The minimum Gasteiger partial charge on any atom is -0.493 e. The highest BCUT2D eigenvalue weighted by atomic mass is 16.5. The third kappa shape index (κ3) is 3.53. The van der Waals surface area contributed by atoms with Crippen LogP contribution >= 0.6 is 0 Å². The van der Waals surface area contributed by atoms with Gasteiger partial charge in [-0.25, -0.2) is 0 Å². The number of aliphatic hydroxyl groups is 1. The Morgan fingerprint density at radius 3 is 2.50 bits per heavy atom. The standard InChI is InChI=1S/C14H22O2/c1-4-11(3)10-16-14-9-7-6-8-12(14)13(15)5-2/h6-9,11,13,15H,4-5,10H2,1-3H3/t11?,13-/m1/s1. The summed E-state index contributed by atoms with van der Waals surface area (Å²) < 4.78 is 5.75. The predicted octanol–water partition coefficient (Wildman–Crippen LogP) is 3.55. The molecular formula is C14H22O2. The van der Waals surface area contributed by atoms with Crippen LogP contribution in [0.15, 0.2) is 24.3 Å². The first kappa shape index (κ1) is 13.0. The predicted molar refractivity (Wildman–Crippen MR) is 66.6 cm³/mol. The van der Waals surface area contributed by atoms with Gasteiger partial charge in [0.2, 0.25) is 0 Å². The maximum Gasteiger partial charge on any atom is 0.125 e. The Hall–Kier alpha value is -1.02. The van der Waals surface area contributed by atoms with E-state index < -0.39 is 6.10 Å². The van der Waals surface area contributed by atoms with Crippen LogP contribution in [-0.2, 0) is 0 Å².